The molecule has 2 nitrogen and oxygen atoms in total. The van der Waals surface area contributed by atoms with E-state index >= 15 is 0 Å². The van der Waals surface area contributed by atoms with Gasteiger partial charge in [-0.25, -0.2) is 0 Å². The van der Waals surface area contributed by atoms with E-state index in [4.69, 9.17) is 0 Å². The molecule has 11 aromatic rings. The average molecular weight is 791 g/mol. The van der Waals surface area contributed by atoms with Gasteiger partial charge in [0.1, 0.15) is 0 Å². The van der Waals surface area contributed by atoms with Gasteiger partial charge in [-0.1, -0.05) is 200 Å². The normalized spacial score (nSPS) is 11.2. The number of rotatable bonds is 9. The second kappa shape index (κ2) is 16.1. The Hall–Kier alpha value is -8.20. The number of hydrogen-bond acceptors (Lipinski definition) is 1. The highest BCUT2D eigenvalue weighted by Gasteiger charge is 2.20. The molecule has 0 unspecified atom stereocenters. The highest BCUT2D eigenvalue weighted by atomic mass is 15.1. The molecular weight excluding hydrogens is 749 g/mol. The van der Waals surface area contributed by atoms with Gasteiger partial charge >= 0.3 is 0 Å². The summed E-state index contributed by atoms with van der Waals surface area (Å²) in [6, 6.07) is 92.1. The predicted molar refractivity (Wildman–Crippen MR) is 263 cm³/mol. The first kappa shape index (κ1) is 36.8. The van der Waals surface area contributed by atoms with Crippen molar-refractivity contribution in [3.05, 3.63) is 255 Å². The predicted octanol–water partition coefficient (Wildman–Crippen LogP) is 16.6. The van der Waals surface area contributed by atoms with Gasteiger partial charge in [0.15, 0.2) is 0 Å². The quantitative estimate of drug-likeness (QED) is 0.141. The fourth-order valence-electron chi connectivity index (χ4n) is 9.05. The second-order valence-corrected chi connectivity index (χ2v) is 15.7. The van der Waals surface area contributed by atoms with E-state index in [0.29, 0.717) is 0 Å². The lowest BCUT2D eigenvalue weighted by atomic mass is 9.92. The minimum absolute atomic E-state index is 1.08. The van der Waals surface area contributed by atoms with Gasteiger partial charge in [-0.15, -0.1) is 0 Å². The minimum atomic E-state index is 1.08. The summed E-state index contributed by atoms with van der Waals surface area (Å²) in [6.07, 6.45) is 0. The van der Waals surface area contributed by atoms with Crippen LogP contribution in [0, 0.1) is 0 Å². The summed E-state index contributed by atoms with van der Waals surface area (Å²) in [5, 5.41) is 2.44. The first-order valence-electron chi connectivity index (χ1n) is 21.3. The molecule has 0 amide bonds. The van der Waals surface area contributed by atoms with Crippen LogP contribution in [0.2, 0.25) is 0 Å². The van der Waals surface area contributed by atoms with E-state index in [1.165, 1.54) is 71.9 Å². The molecule has 0 radical (unpaired) electrons. The van der Waals surface area contributed by atoms with Gasteiger partial charge in [0, 0.05) is 33.5 Å². The smallest absolute Gasteiger partial charge is 0.0561 e. The van der Waals surface area contributed by atoms with E-state index in [9.17, 15) is 0 Å². The van der Waals surface area contributed by atoms with E-state index < -0.39 is 0 Å². The molecular formula is C60H42N2. The SMILES string of the molecule is c1ccc(-c2ccc(-c3ccc(N(c4ccccc4)c4ccc5c6ccccc6n(-c6ccc(-c7ccccc7)c(-c7ccccc7)c6)c5c4)cc3-c3ccccc3)cc2)cc1. The van der Waals surface area contributed by atoms with Gasteiger partial charge in [-0.2, -0.15) is 0 Å². The summed E-state index contributed by atoms with van der Waals surface area (Å²) >= 11 is 0. The number of fused-ring (bicyclic) bond motifs is 3. The van der Waals surface area contributed by atoms with Gasteiger partial charge in [0.25, 0.3) is 0 Å². The number of nitrogens with zero attached hydrogens (tertiary/aromatic N) is 2. The maximum atomic E-state index is 2.44. The Morgan fingerprint density at radius 3 is 1.29 bits per heavy atom. The monoisotopic (exact) mass is 790 g/mol. The third kappa shape index (κ3) is 6.84. The molecule has 62 heavy (non-hydrogen) atoms. The molecule has 0 aliphatic rings. The molecule has 0 saturated carbocycles. The van der Waals surface area contributed by atoms with Crippen LogP contribution in [0.15, 0.2) is 255 Å². The minimum Gasteiger partial charge on any atom is -0.310 e. The van der Waals surface area contributed by atoms with Gasteiger partial charge in [0.2, 0.25) is 0 Å². The Kier molecular flexibility index (Phi) is 9.57. The fraction of sp³-hybridized carbons (Fsp3) is 0. The lowest BCUT2D eigenvalue weighted by molar-refractivity contribution is 1.18. The van der Waals surface area contributed by atoms with Crippen LogP contribution in [0.5, 0.6) is 0 Å². The Labute approximate surface area is 362 Å². The molecule has 0 spiro atoms. The lowest BCUT2D eigenvalue weighted by Crippen LogP contribution is -2.10. The zero-order valence-corrected chi connectivity index (χ0v) is 34.1. The molecule has 0 saturated heterocycles. The van der Waals surface area contributed by atoms with E-state index in [2.05, 4.69) is 264 Å². The Morgan fingerprint density at radius 1 is 0.242 bits per heavy atom. The van der Waals surface area contributed by atoms with Crippen LogP contribution in [-0.2, 0) is 0 Å². The zero-order chi connectivity index (χ0) is 41.2. The van der Waals surface area contributed by atoms with Gasteiger partial charge < -0.3 is 9.47 Å². The summed E-state index contributed by atoms with van der Waals surface area (Å²) in [5.41, 5.74) is 18.6. The molecule has 0 fully saturated rings. The molecule has 0 aliphatic heterocycles. The van der Waals surface area contributed by atoms with E-state index in [1.54, 1.807) is 0 Å². The maximum absolute atomic E-state index is 2.44. The first-order chi connectivity index (χ1) is 30.8. The fourth-order valence-corrected chi connectivity index (χ4v) is 9.05. The Balaban J connectivity index is 1.09. The standard InChI is InChI=1S/C60H42N2/c1-6-18-43(19-7-1)44-30-32-48(33-31-44)54-37-34-50(40-57(54)46-22-10-3-11-23-46)61(49-26-14-5-15-27-49)52-36-39-56-55-28-16-17-29-59(55)62(60(56)42-52)51-35-38-53(45-20-8-2-9-21-45)58(41-51)47-24-12-4-13-25-47/h1-42H. The van der Waals surface area contributed by atoms with Crippen LogP contribution in [0.25, 0.3) is 83.1 Å². The van der Waals surface area contributed by atoms with Crippen LogP contribution < -0.4 is 4.90 Å². The topological polar surface area (TPSA) is 8.17 Å². The van der Waals surface area contributed by atoms with E-state index in [1.807, 2.05) is 0 Å². The molecule has 0 atom stereocenters. The third-order valence-electron chi connectivity index (χ3n) is 12.0. The molecule has 2 heteroatoms. The van der Waals surface area contributed by atoms with E-state index in [-0.39, 0.29) is 0 Å². The van der Waals surface area contributed by atoms with Crippen molar-refractivity contribution in [1.29, 1.82) is 0 Å². The number of anilines is 3. The van der Waals surface area contributed by atoms with Gasteiger partial charge in [-0.05, 0) is 110 Å². The Bertz CT molecular complexity index is 3300. The van der Waals surface area contributed by atoms with Crippen LogP contribution in [0.4, 0.5) is 17.1 Å². The van der Waals surface area contributed by atoms with Gasteiger partial charge in [0.05, 0.1) is 11.0 Å². The molecule has 1 aromatic heterocycles. The second-order valence-electron chi connectivity index (χ2n) is 15.7. The molecule has 0 N–H and O–H groups in total. The van der Waals surface area contributed by atoms with Crippen LogP contribution >= 0.6 is 0 Å². The molecule has 1 heterocycles. The van der Waals surface area contributed by atoms with Crippen LogP contribution in [0.3, 0.4) is 0 Å². The van der Waals surface area contributed by atoms with Crippen molar-refractivity contribution in [1.82, 2.24) is 4.57 Å². The van der Waals surface area contributed by atoms with Crippen molar-refractivity contribution in [2.75, 3.05) is 4.90 Å². The maximum Gasteiger partial charge on any atom is 0.0561 e. The summed E-state index contributed by atoms with van der Waals surface area (Å²) in [5.74, 6) is 0. The molecule has 292 valence electrons. The van der Waals surface area contributed by atoms with Crippen LogP contribution in [-0.4, -0.2) is 4.57 Å². The molecule has 10 aromatic carbocycles. The van der Waals surface area contributed by atoms with Gasteiger partial charge in [-0.3, -0.25) is 0 Å². The van der Waals surface area contributed by atoms with Crippen molar-refractivity contribution in [2.24, 2.45) is 0 Å². The van der Waals surface area contributed by atoms with Crippen LogP contribution in [0.1, 0.15) is 0 Å². The molecule has 0 bridgehead atoms. The number of hydrogen-bond donors (Lipinski definition) is 0. The summed E-state index contributed by atoms with van der Waals surface area (Å²) in [4.78, 5) is 2.39. The Morgan fingerprint density at radius 2 is 0.661 bits per heavy atom. The first-order valence-corrected chi connectivity index (χ1v) is 21.3. The number of aromatic nitrogens is 1. The molecule has 0 aliphatic carbocycles. The van der Waals surface area contributed by atoms with Crippen molar-refractivity contribution in [3.63, 3.8) is 0 Å². The molecule has 11 rings (SSSR count). The lowest BCUT2D eigenvalue weighted by Gasteiger charge is -2.27. The largest absolute Gasteiger partial charge is 0.310 e. The van der Waals surface area contributed by atoms with Crippen molar-refractivity contribution in [2.45, 2.75) is 0 Å². The zero-order valence-electron chi connectivity index (χ0n) is 34.1. The third-order valence-corrected chi connectivity index (χ3v) is 12.0. The summed E-state index contributed by atoms with van der Waals surface area (Å²) in [7, 11) is 0. The summed E-state index contributed by atoms with van der Waals surface area (Å²) in [6.45, 7) is 0. The highest BCUT2D eigenvalue weighted by Crippen LogP contribution is 2.44. The number of benzene rings is 10. The van der Waals surface area contributed by atoms with Crippen molar-refractivity contribution < 1.29 is 0 Å². The highest BCUT2D eigenvalue weighted by molar-refractivity contribution is 6.10. The van der Waals surface area contributed by atoms with Crippen molar-refractivity contribution in [3.8, 4) is 61.3 Å². The van der Waals surface area contributed by atoms with Crippen molar-refractivity contribution >= 4 is 38.9 Å². The average Bonchev–Trinajstić information content (AvgIpc) is 3.69. The van der Waals surface area contributed by atoms with E-state index in [0.717, 1.165) is 28.3 Å². The summed E-state index contributed by atoms with van der Waals surface area (Å²) < 4.78 is 2.44. The number of para-hydroxylation sites is 2.